The van der Waals surface area contributed by atoms with Crippen LogP contribution in [0.4, 0.5) is 31.8 Å². The summed E-state index contributed by atoms with van der Waals surface area (Å²) < 4.78 is 73.3. The number of carbonyl (C=O) groups excluding carboxylic acids is 6. The number of aliphatic hydroxyl groups is 1. The fourth-order valence-electron chi connectivity index (χ4n) is 8.89. The number of hydrogen-bond acceptors (Lipinski definition) is 26. The van der Waals surface area contributed by atoms with Gasteiger partial charge in [-0.2, -0.15) is 4.98 Å². The minimum atomic E-state index is -5.40. The smallest absolute Gasteiger partial charge is 0.445 e. The lowest BCUT2D eigenvalue weighted by Crippen LogP contribution is -2.55. The van der Waals surface area contributed by atoms with E-state index in [2.05, 4.69) is 65.7 Å². The number of nitrogens with two attached hydrogens (primary N) is 3. The molecular formula is C47H66N20O20P2. The van der Waals surface area contributed by atoms with Crippen molar-refractivity contribution in [2.24, 2.45) is 16.8 Å². The maximum Gasteiger partial charge on any atom is 0.472 e. The van der Waals surface area contributed by atoms with Crippen LogP contribution in [0.1, 0.15) is 51.1 Å². The molecule has 6 heterocycles. The SMILES string of the molecule is COP(=O)(O)OC[C@H]1O[C@@H](n2cnc3c(N)ncnc32)[C@H](OC(=O)N(C)CCN(C)C(=O)OCc2ccc(NC(=O)[C@H](CCCNC(N)=O)NC(=O)[C@@H](NC(=O)CN=[N+]=[N-])C(C)C)cc2)[C@@H]1OP(=O)(O)OC[C@H]1O[C@@H](n2cnc3c(=O)[nH]c(N)nc32)C[C@@H]1O. The van der Waals surface area contributed by atoms with Crippen molar-refractivity contribution in [3.8, 4) is 0 Å². The summed E-state index contributed by atoms with van der Waals surface area (Å²) in [7, 11) is -6.67. The van der Waals surface area contributed by atoms with Crippen LogP contribution in [0, 0.1) is 5.92 Å². The molecule has 0 saturated carbocycles. The Balaban J connectivity index is 0.988. The fourth-order valence-corrected chi connectivity index (χ4v) is 10.3. The average Bonchev–Trinajstić information content (AvgIpc) is 1.64. The van der Waals surface area contributed by atoms with Crippen molar-refractivity contribution in [3.05, 3.63) is 69.6 Å². The van der Waals surface area contributed by atoms with Gasteiger partial charge in [0.2, 0.25) is 23.7 Å². The highest BCUT2D eigenvalue weighted by Gasteiger charge is 2.54. The molecule has 484 valence electrons. The van der Waals surface area contributed by atoms with Gasteiger partial charge in [0.1, 0.15) is 61.6 Å². The van der Waals surface area contributed by atoms with Crippen molar-refractivity contribution in [1.82, 2.24) is 64.8 Å². The molecular weight excluding hydrogens is 1230 g/mol. The highest BCUT2D eigenvalue weighted by molar-refractivity contribution is 7.47. The molecule has 7 rings (SSSR count). The topological polar surface area (TPSA) is 560 Å². The molecule has 2 aliphatic rings. The van der Waals surface area contributed by atoms with Gasteiger partial charge in [-0.05, 0) is 42.0 Å². The number of phosphoric ester groups is 2. The summed E-state index contributed by atoms with van der Waals surface area (Å²) in [5.41, 5.74) is 25.6. The number of likely N-dealkylation sites (N-methyl/N-ethyl adjacent to an activating group) is 2. The minimum Gasteiger partial charge on any atom is -0.445 e. The number of carbonyl (C=O) groups is 6. The molecule has 2 fully saturated rings. The summed E-state index contributed by atoms with van der Waals surface area (Å²) in [6.45, 7) is 0.455. The predicted molar refractivity (Wildman–Crippen MR) is 304 cm³/mol. The second-order valence-corrected chi connectivity index (χ2v) is 23.2. The van der Waals surface area contributed by atoms with E-state index in [9.17, 15) is 57.6 Å². The number of aromatic nitrogens is 8. The number of fused-ring (bicyclic) bond motifs is 2. The summed E-state index contributed by atoms with van der Waals surface area (Å²) in [4.78, 5) is 139. The second-order valence-electron chi connectivity index (χ2n) is 20.2. The third-order valence-electron chi connectivity index (χ3n) is 13.6. The van der Waals surface area contributed by atoms with E-state index in [1.54, 1.807) is 26.0 Å². The van der Waals surface area contributed by atoms with Crippen LogP contribution in [0.2, 0.25) is 0 Å². The highest BCUT2D eigenvalue weighted by atomic mass is 31.2. The van der Waals surface area contributed by atoms with Crippen LogP contribution in [0.3, 0.4) is 0 Å². The van der Waals surface area contributed by atoms with Gasteiger partial charge in [0.25, 0.3) is 5.56 Å². The zero-order valence-electron chi connectivity index (χ0n) is 48.2. The Kier molecular flexibility index (Phi) is 22.9. The number of nitrogen functional groups attached to an aromatic ring is 2. The molecule has 11 atom stereocenters. The summed E-state index contributed by atoms with van der Waals surface area (Å²) in [5, 5.41) is 24.4. The number of benzene rings is 1. The lowest BCUT2D eigenvalue weighted by Gasteiger charge is -2.29. The standard InChI is InChI=1S/C47H66N20O20P2/c1-23(2)32(60-30(69)16-57-63-51)41(71)59-26(7-6-12-52-45(50)73)40(70)58-25-10-8-24(9-11-25)17-81-46(74)64(3)13-14-65(4)47(75)86-36-35(29(19-82-88(76,77)80-5)85-43(36)67-22-55-33-37(48)53-20-54-38(33)67)87-89(78,79)83-18-28-27(68)15-31(84-28)66-21-56-34-39(66)61-44(49)62-42(34)72/h8-11,20-23,26-29,31-32,35-36,43,68H,6-7,12-19H2,1-5H3,(H,58,70)(H,59,71)(H,60,69)(H,76,77)(H,78,79)(H2,48,53,54)(H3,50,52,73)(H3,49,61,62,72)/t26-,27-,28+,29+,31+,32-,35+,36+,43+/m0/s1. The van der Waals surface area contributed by atoms with Crippen molar-refractivity contribution >= 4 is 91.4 Å². The number of urea groups is 1. The number of azide groups is 1. The van der Waals surface area contributed by atoms with E-state index in [-0.39, 0.29) is 85.3 Å². The lowest BCUT2D eigenvalue weighted by atomic mass is 10.0. The first kappa shape index (κ1) is 67.9. The molecule has 0 aliphatic carbocycles. The van der Waals surface area contributed by atoms with Crippen LogP contribution in [0.15, 0.2) is 53.2 Å². The van der Waals surface area contributed by atoms with Crippen LogP contribution in [0.5, 0.6) is 0 Å². The zero-order valence-corrected chi connectivity index (χ0v) is 49.9. The molecule has 1 aromatic carbocycles. The first-order valence-electron chi connectivity index (χ1n) is 26.8. The normalized spacial score (nSPS) is 21.0. The van der Waals surface area contributed by atoms with Crippen molar-refractivity contribution in [1.29, 1.82) is 0 Å². The first-order valence-corrected chi connectivity index (χ1v) is 29.8. The number of nitrogens with one attached hydrogen (secondary N) is 5. The number of H-pyrrole nitrogens is 1. The molecule has 2 unspecified atom stereocenters. The Bertz CT molecular complexity index is 3570. The molecule has 0 bridgehead atoms. The van der Waals surface area contributed by atoms with E-state index in [4.69, 9.17) is 55.3 Å². The fraction of sp³-hybridized carbons (Fsp3) is 0.532. The minimum absolute atomic E-state index is 0.00594. The first-order chi connectivity index (χ1) is 42.2. The number of amides is 7. The van der Waals surface area contributed by atoms with Gasteiger partial charge in [-0.3, -0.25) is 51.4 Å². The highest BCUT2D eigenvalue weighted by Crippen LogP contribution is 2.51. The maximum absolute atomic E-state index is 14.1. The number of aliphatic hydroxyl groups excluding tert-OH is 1. The third-order valence-corrected chi connectivity index (χ3v) is 15.5. The van der Waals surface area contributed by atoms with Crippen LogP contribution in [-0.2, 0) is 67.2 Å². The number of imidazole rings is 2. The summed E-state index contributed by atoms with van der Waals surface area (Å²) >= 11 is 0. The molecule has 0 radical (unpaired) electrons. The largest absolute Gasteiger partial charge is 0.472 e. The van der Waals surface area contributed by atoms with Gasteiger partial charge in [0, 0.05) is 57.9 Å². The van der Waals surface area contributed by atoms with Gasteiger partial charge in [-0.25, -0.2) is 43.4 Å². The number of primary amides is 1. The molecule has 14 N–H and O–H groups in total. The van der Waals surface area contributed by atoms with Gasteiger partial charge in [-0.1, -0.05) is 31.1 Å². The second kappa shape index (κ2) is 30.0. The van der Waals surface area contributed by atoms with Gasteiger partial charge < -0.3 is 82.1 Å². The van der Waals surface area contributed by atoms with Gasteiger partial charge in [0.05, 0.1) is 32.0 Å². The van der Waals surface area contributed by atoms with E-state index >= 15 is 0 Å². The van der Waals surface area contributed by atoms with E-state index in [0.717, 1.165) is 23.2 Å². The van der Waals surface area contributed by atoms with Crippen LogP contribution < -0.4 is 44.0 Å². The van der Waals surface area contributed by atoms with Crippen LogP contribution in [-0.4, -0.2) is 203 Å². The number of phosphoric acid groups is 2. The van der Waals surface area contributed by atoms with E-state index in [0.29, 0.717) is 5.56 Å². The van der Waals surface area contributed by atoms with Crippen LogP contribution in [0.25, 0.3) is 32.8 Å². The van der Waals surface area contributed by atoms with E-state index in [1.807, 2.05) is 0 Å². The number of nitrogens with zero attached hydrogens (tertiary/aromatic N) is 12. The Morgan fingerprint density at radius 1 is 0.899 bits per heavy atom. The Labute approximate surface area is 503 Å². The average molecular weight is 1290 g/mol. The van der Waals surface area contributed by atoms with Crippen LogP contribution >= 0.6 is 15.6 Å². The molecule has 0 spiro atoms. The van der Waals surface area contributed by atoms with Gasteiger partial charge in [-0.15, -0.1) is 0 Å². The molecule has 5 aromatic rings. The number of aromatic amines is 1. The van der Waals surface area contributed by atoms with Crippen molar-refractivity contribution in [3.63, 3.8) is 0 Å². The molecule has 4 aromatic heterocycles. The number of rotatable bonds is 29. The Morgan fingerprint density at radius 3 is 2.26 bits per heavy atom. The van der Waals surface area contributed by atoms with Crippen molar-refractivity contribution in [2.75, 3.05) is 77.4 Å². The number of ether oxygens (including phenoxy) is 4. The van der Waals surface area contributed by atoms with Gasteiger partial charge >= 0.3 is 33.9 Å². The molecule has 40 nitrogen and oxygen atoms in total. The predicted octanol–water partition coefficient (Wildman–Crippen LogP) is -0.0362. The van der Waals surface area contributed by atoms with Crippen molar-refractivity contribution in [2.45, 2.75) is 94.8 Å². The molecule has 89 heavy (non-hydrogen) atoms. The lowest BCUT2D eigenvalue weighted by molar-refractivity contribution is -0.131. The van der Waals surface area contributed by atoms with Gasteiger partial charge in [0.15, 0.2) is 35.0 Å². The summed E-state index contributed by atoms with van der Waals surface area (Å²) in [6.07, 6.45) is -9.03. The Morgan fingerprint density at radius 2 is 1.57 bits per heavy atom. The maximum atomic E-state index is 14.1. The summed E-state index contributed by atoms with van der Waals surface area (Å²) in [5.74, 6) is -2.81. The zero-order chi connectivity index (χ0) is 64.9. The number of hydrogen-bond donors (Lipinski definition) is 11. The molecule has 2 aliphatic heterocycles. The quantitative estimate of drug-likeness (QED) is 0.00984. The third kappa shape index (κ3) is 18.0. The molecule has 2 saturated heterocycles. The molecule has 42 heteroatoms. The monoisotopic (exact) mass is 1290 g/mol. The van der Waals surface area contributed by atoms with E-state index < -0.39 is 138 Å². The molecule has 7 amide bonds. The van der Waals surface area contributed by atoms with Crippen molar-refractivity contribution < 1.29 is 89.8 Å². The Hall–Kier alpha value is -8.65. The number of anilines is 3. The summed E-state index contributed by atoms with van der Waals surface area (Å²) in [6, 6.07) is 3.04. The van der Waals surface area contributed by atoms with E-state index in [1.165, 1.54) is 48.0 Å².